The van der Waals surface area contributed by atoms with Gasteiger partial charge >= 0.3 is 11.8 Å². The molecule has 8 heteroatoms. The van der Waals surface area contributed by atoms with Crippen molar-refractivity contribution in [3.8, 4) is 0 Å². The van der Waals surface area contributed by atoms with Crippen molar-refractivity contribution in [3.05, 3.63) is 0 Å². The number of carbonyl (C=O) groups is 4. The Morgan fingerprint density at radius 1 is 0.765 bits per heavy atom. The van der Waals surface area contributed by atoms with Gasteiger partial charge < -0.3 is 16.0 Å². The Morgan fingerprint density at radius 3 is 2.29 bits per heavy atom. The molecule has 1 saturated heterocycles. The Bertz CT molecular complexity index is 342. The average Bonchev–Trinajstić information content (AvgIpc) is 2.28. The molecule has 4 N–H and O–H groups in total. The van der Waals surface area contributed by atoms with E-state index in [2.05, 4.69) is 16.0 Å². The molecule has 0 aromatic rings. The van der Waals surface area contributed by atoms with E-state index in [1.54, 1.807) is 0 Å². The van der Waals surface area contributed by atoms with Gasteiger partial charge in [-0.2, -0.15) is 0 Å². The van der Waals surface area contributed by atoms with Crippen LogP contribution in [0.25, 0.3) is 0 Å². The topological polar surface area (TPSA) is 116 Å². The monoisotopic (exact) mass is 242 g/mol. The molecule has 17 heavy (non-hydrogen) atoms. The molecule has 4 amide bonds. The molecule has 0 aliphatic carbocycles. The van der Waals surface area contributed by atoms with Crippen molar-refractivity contribution >= 4 is 23.6 Å². The second-order valence-electron chi connectivity index (χ2n) is 3.41. The lowest BCUT2D eigenvalue weighted by atomic mass is 10.4. The standard InChI is InChI=1S/C9H14N4O4/c14-6-1-2-12-8(16)9(17)13-7(15)5-10-3-4-11-6/h10H,1-5H2,(H,11,14)(H,12,16)(H,13,15,17). The van der Waals surface area contributed by atoms with Gasteiger partial charge in [0, 0.05) is 26.1 Å². The van der Waals surface area contributed by atoms with E-state index in [0.717, 1.165) is 0 Å². The molecule has 0 unspecified atom stereocenters. The molecule has 0 aromatic heterocycles. The molecular weight excluding hydrogens is 228 g/mol. The van der Waals surface area contributed by atoms with E-state index in [9.17, 15) is 19.2 Å². The van der Waals surface area contributed by atoms with Crippen LogP contribution < -0.4 is 21.3 Å². The third kappa shape index (κ3) is 5.07. The van der Waals surface area contributed by atoms with Gasteiger partial charge in [-0.1, -0.05) is 0 Å². The van der Waals surface area contributed by atoms with Crippen LogP contribution in [-0.4, -0.2) is 49.8 Å². The maximum absolute atomic E-state index is 11.2. The van der Waals surface area contributed by atoms with Gasteiger partial charge in [0.05, 0.1) is 6.54 Å². The highest BCUT2D eigenvalue weighted by molar-refractivity contribution is 6.37. The second kappa shape index (κ2) is 6.59. The summed E-state index contributed by atoms with van der Waals surface area (Å²) in [6.07, 6.45) is 0.0902. The molecule has 0 saturated carbocycles. The molecule has 1 heterocycles. The molecule has 0 radical (unpaired) electrons. The summed E-state index contributed by atoms with van der Waals surface area (Å²) in [5, 5.41) is 9.47. The van der Waals surface area contributed by atoms with Crippen molar-refractivity contribution in [1.82, 2.24) is 21.3 Å². The Labute approximate surface area is 97.5 Å². The van der Waals surface area contributed by atoms with Crippen molar-refractivity contribution in [3.63, 3.8) is 0 Å². The smallest absolute Gasteiger partial charge is 0.315 e. The summed E-state index contributed by atoms with van der Waals surface area (Å²) in [6, 6.07) is 0. The molecule has 1 aliphatic rings. The number of carbonyl (C=O) groups excluding carboxylic acids is 4. The number of rotatable bonds is 0. The third-order valence-electron chi connectivity index (χ3n) is 2.01. The van der Waals surface area contributed by atoms with Crippen LogP contribution in [0.15, 0.2) is 0 Å². The number of nitrogens with one attached hydrogen (secondary N) is 4. The summed E-state index contributed by atoms with van der Waals surface area (Å²) in [5.74, 6) is -2.75. The quantitative estimate of drug-likeness (QED) is 0.264. The first-order chi connectivity index (χ1) is 8.09. The molecule has 0 bridgehead atoms. The lowest BCUT2D eigenvalue weighted by Gasteiger charge is -2.04. The molecule has 0 atom stereocenters. The van der Waals surface area contributed by atoms with Gasteiger partial charge in [-0.3, -0.25) is 24.5 Å². The minimum atomic E-state index is -1.02. The van der Waals surface area contributed by atoms with E-state index in [1.807, 2.05) is 5.32 Å². The number of hydrogen-bond acceptors (Lipinski definition) is 5. The van der Waals surface area contributed by atoms with Gasteiger partial charge in [-0.25, -0.2) is 0 Å². The maximum atomic E-state index is 11.2. The average molecular weight is 242 g/mol. The van der Waals surface area contributed by atoms with E-state index in [-0.39, 0.29) is 25.4 Å². The van der Waals surface area contributed by atoms with Crippen LogP contribution in [0.2, 0.25) is 0 Å². The number of imide groups is 1. The molecule has 1 rings (SSSR count). The van der Waals surface area contributed by atoms with Crippen LogP contribution in [0.3, 0.4) is 0 Å². The van der Waals surface area contributed by atoms with Crippen molar-refractivity contribution < 1.29 is 19.2 Å². The SMILES string of the molecule is O=C1CCNC(=O)C(=O)NC(=O)CNCCN1. The van der Waals surface area contributed by atoms with E-state index < -0.39 is 17.7 Å². The van der Waals surface area contributed by atoms with Crippen molar-refractivity contribution in [1.29, 1.82) is 0 Å². The zero-order valence-corrected chi connectivity index (χ0v) is 9.17. The summed E-state index contributed by atoms with van der Waals surface area (Å²) < 4.78 is 0. The Kier molecular flexibility index (Phi) is 5.08. The summed E-state index contributed by atoms with van der Waals surface area (Å²) >= 11 is 0. The van der Waals surface area contributed by atoms with Gasteiger partial charge in [0.2, 0.25) is 11.8 Å². The third-order valence-corrected chi connectivity index (χ3v) is 2.01. The van der Waals surface area contributed by atoms with E-state index in [4.69, 9.17) is 0 Å². The minimum absolute atomic E-state index is 0.0553. The van der Waals surface area contributed by atoms with Gasteiger partial charge in [0.1, 0.15) is 0 Å². The zero-order chi connectivity index (χ0) is 12.7. The molecule has 1 fully saturated rings. The van der Waals surface area contributed by atoms with Crippen LogP contribution in [0.1, 0.15) is 6.42 Å². The highest BCUT2D eigenvalue weighted by Crippen LogP contribution is 1.79. The normalized spacial score (nSPS) is 20.2. The highest BCUT2D eigenvalue weighted by Gasteiger charge is 2.16. The van der Waals surface area contributed by atoms with Crippen LogP contribution in [0.4, 0.5) is 0 Å². The predicted molar refractivity (Wildman–Crippen MR) is 56.7 cm³/mol. The van der Waals surface area contributed by atoms with Gasteiger partial charge in [0.15, 0.2) is 0 Å². The van der Waals surface area contributed by atoms with Gasteiger partial charge in [-0.15, -0.1) is 0 Å². The fourth-order valence-corrected chi connectivity index (χ4v) is 1.18. The molecule has 0 aromatic carbocycles. The first-order valence-corrected chi connectivity index (χ1v) is 5.19. The molecule has 1 aliphatic heterocycles. The fraction of sp³-hybridized carbons (Fsp3) is 0.556. The fourth-order valence-electron chi connectivity index (χ4n) is 1.18. The zero-order valence-electron chi connectivity index (χ0n) is 9.17. The Balaban J connectivity index is 2.53. The summed E-state index contributed by atoms with van der Waals surface area (Å²) in [4.78, 5) is 44.6. The lowest BCUT2D eigenvalue weighted by Crippen LogP contribution is -2.45. The Hall–Kier alpha value is -1.96. The minimum Gasteiger partial charge on any atom is -0.355 e. The first-order valence-electron chi connectivity index (χ1n) is 5.19. The molecule has 8 nitrogen and oxygen atoms in total. The van der Waals surface area contributed by atoms with E-state index in [0.29, 0.717) is 13.1 Å². The van der Waals surface area contributed by atoms with Crippen LogP contribution in [-0.2, 0) is 19.2 Å². The van der Waals surface area contributed by atoms with E-state index in [1.165, 1.54) is 0 Å². The van der Waals surface area contributed by atoms with Crippen molar-refractivity contribution in [2.24, 2.45) is 0 Å². The summed E-state index contributed by atoms with van der Waals surface area (Å²) in [5.41, 5.74) is 0. The highest BCUT2D eigenvalue weighted by atomic mass is 16.2. The molecular formula is C9H14N4O4. The van der Waals surface area contributed by atoms with Crippen molar-refractivity contribution in [2.75, 3.05) is 26.2 Å². The maximum Gasteiger partial charge on any atom is 0.315 e. The number of hydrogen-bond donors (Lipinski definition) is 4. The van der Waals surface area contributed by atoms with Crippen LogP contribution in [0, 0.1) is 0 Å². The lowest BCUT2D eigenvalue weighted by molar-refractivity contribution is -0.142. The van der Waals surface area contributed by atoms with Gasteiger partial charge in [0.25, 0.3) is 0 Å². The summed E-state index contributed by atoms with van der Waals surface area (Å²) in [6.45, 7) is 0.761. The second-order valence-corrected chi connectivity index (χ2v) is 3.41. The van der Waals surface area contributed by atoms with Crippen LogP contribution >= 0.6 is 0 Å². The largest absolute Gasteiger partial charge is 0.355 e. The van der Waals surface area contributed by atoms with E-state index >= 15 is 0 Å². The van der Waals surface area contributed by atoms with Gasteiger partial charge in [-0.05, 0) is 0 Å². The Morgan fingerprint density at radius 2 is 1.53 bits per heavy atom. The summed E-state index contributed by atoms with van der Waals surface area (Å²) in [7, 11) is 0. The van der Waals surface area contributed by atoms with Crippen molar-refractivity contribution in [2.45, 2.75) is 6.42 Å². The molecule has 94 valence electrons. The number of amides is 4. The molecule has 0 spiro atoms. The predicted octanol–water partition coefficient (Wildman–Crippen LogP) is -3.15. The first kappa shape index (κ1) is 13.1. The van der Waals surface area contributed by atoms with Crippen LogP contribution in [0.5, 0.6) is 0 Å².